The number of likely N-dealkylation sites (tertiary alicyclic amines) is 2. The van der Waals surface area contributed by atoms with Crippen LogP contribution < -0.4 is 0 Å². The quantitative estimate of drug-likeness (QED) is 0.574. The molecule has 3 fully saturated rings. The van der Waals surface area contributed by atoms with E-state index in [9.17, 15) is 14.4 Å². The van der Waals surface area contributed by atoms with Crippen LogP contribution in [0, 0.1) is 23.7 Å². The number of imide groups is 1. The van der Waals surface area contributed by atoms with Crippen LogP contribution in [0.15, 0.2) is 12.2 Å². The number of carbonyl (C=O) groups excluding carboxylic acids is 3. The van der Waals surface area contributed by atoms with Crippen LogP contribution in [0.1, 0.15) is 39.0 Å². The predicted molar refractivity (Wildman–Crippen MR) is 84.1 cm³/mol. The van der Waals surface area contributed by atoms with Crippen molar-refractivity contribution in [2.24, 2.45) is 23.7 Å². The molecule has 0 unspecified atom stereocenters. The first-order chi connectivity index (χ1) is 11.1. The average Bonchev–Trinajstić information content (AvgIpc) is 2.89. The van der Waals surface area contributed by atoms with E-state index in [0.717, 1.165) is 45.2 Å². The maximum absolute atomic E-state index is 12.9. The van der Waals surface area contributed by atoms with Gasteiger partial charge in [-0.3, -0.25) is 19.3 Å². The second kappa shape index (κ2) is 5.46. The molecule has 2 bridgehead atoms. The molecule has 5 nitrogen and oxygen atoms in total. The van der Waals surface area contributed by atoms with Crippen molar-refractivity contribution in [3.8, 4) is 0 Å². The third-order valence-electron chi connectivity index (χ3n) is 6.21. The van der Waals surface area contributed by atoms with Gasteiger partial charge in [-0.05, 0) is 50.9 Å². The minimum Gasteiger partial charge on any atom is -0.341 e. The Morgan fingerprint density at radius 1 is 1.00 bits per heavy atom. The number of hydrogen-bond acceptors (Lipinski definition) is 3. The number of fused-ring (bicyclic) bond motifs is 1. The molecule has 2 heterocycles. The number of amides is 3. The molecule has 5 atom stereocenters. The number of allylic oxidation sites excluding steroid dienone is 2. The van der Waals surface area contributed by atoms with Crippen LogP contribution in [0.5, 0.6) is 0 Å². The molecule has 0 aromatic carbocycles. The zero-order valence-electron chi connectivity index (χ0n) is 13.6. The molecule has 5 heteroatoms. The molecule has 0 aromatic heterocycles. The van der Waals surface area contributed by atoms with Crippen LogP contribution in [-0.2, 0) is 14.4 Å². The number of hydrogen-bond donors (Lipinski definition) is 0. The van der Waals surface area contributed by atoms with Gasteiger partial charge in [0.1, 0.15) is 6.04 Å². The normalized spacial score (nSPS) is 37.3. The Morgan fingerprint density at radius 2 is 1.52 bits per heavy atom. The Labute approximate surface area is 136 Å². The minimum atomic E-state index is -0.655. The molecule has 0 radical (unpaired) electrons. The first-order valence-electron chi connectivity index (χ1n) is 8.93. The lowest BCUT2D eigenvalue weighted by Crippen LogP contribution is -2.51. The van der Waals surface area contributed by atoms with Crippen LogP contribution in [0.4, 0.5) is 0 Å². The number of nitrogens with zero attached hydrogens (tertiary/aromatic N) is 2. The summed E-state index contributed by atoms with van der Waals surface area (Å²) in [5.41, 5.74) is 0. The molecule has 0 aromatic rings. The molecular weight excluding hydrogens is 292 g/mol. The maximum atomic E-state index is 12.9. The van der Waals surface area contributed by atoms with Crippen molar-refractivity contribution in [2.75, 3.05) is 13.1 Å². The van der Waals surface area contributed by atoms with E-state index < -0.39 is 6.04 Å². The monoisotopic (exact) mass is 316 g/mol. The fraction of sp³-hybridized carbons (Fsp3) is 0.722. The summed E-state index contributed by atoms with van der Waals surface area (Å²) in [5, 5.41) is 0. The van der Waals surface area contributed by atoms with E-state index in [4.69, 9.17) is 0 Å². The lowest BCUT2D eigenvalue weighted by atomic mass is 9.63. The second-order valence-electron chi connectivity index (χ2n) is 7.45. The molecule has 3 aliphatic carbocycles. The molecule has 5 aliphatic rings. The Morgan fingerprint density at radius 3 is 2.00 bits per heavy atom. The molecule has 0 spiro atoms. The van der Waals surface area contributed by atoms with Crippen molar-refractivity contribution in [3.05, 3.63) is 12.2 Å². The molecule has 2 saturated heterocycles. The number of rotatable bonds is 2. The van der Waals surface area contributed by atoms with Gasteiger partial charge in [-0.2, -0.15) is 0 Å². The topological polar surface area (TPSA) is 57.7 Å². The van der Waals surface area contributed by atoms with Gasteiger partial charge in [-0.15, -0.1) is 0 Å². The van der Waals surface area contributed by atoms with Gasteiger partial charge >= 0.3 is 0 Å². The molecule has 1 saturated carbocycles. The van der Waals surface area contributed by atoms with E-state index in [1.807, 2.05) is 4.90 Å². The zero-order chi connectivity index (χ0) is 16.1. The summed E-state index contributed by atoms with van der Waals surface area (Å²) in [6.45, 7) is 3.22. The highest BCUT2D eigenvalue weighted by molar-refractivity contribution is 6.09. The molecule has 5 rings (SSSR count). The van der Waals surface area contributed by atoms with Gasteiger partial charge in [-0.1, -0.05) is 12.2 Å². The van der Waals surface area contributed by atoms with E-state index >= 15 is 0 Å². The predicted octanol–water partition coefficient (Wildman–Crippen LogP) is 1.58. The number of piperidine rings is 1. The molecule has 3 amide bonds. The summed E-state index contributed by atoms with van der Waals surface area (Å²) in [7, 11) is 0. The largest absolute Gasteiger partial charge is 0.341 e. The average molecular weight is 316 g/mol. The summed E-state index contributed by atoms with van der Waals surface area (Å²) >= 11 is 0. The second-order valence-corrected chi connectivity index (χ2v) is 7.45. The highest BCUT2D eigenvalue weighted by Gasteiger charge is 2.58. The molecule has 23 heavy (non-hydrogen) atoms. The standard InChI is InChI=1S/C18H24N2O3/c1-11(16(21)19-9-3-2-4-10-19)20-17(22)14-12-5-6-13(8-7-12)15(14)18(20)23/h5-6,11-15H,2-4,7-10H2,1H3/t11-,12+,13+,14-,15+/m1/s1. The smallest absolute Gasteiger partial charge is 0.245 e. The maximum Gasteiger partial charge on any atom is 0.245 e. The Kier molecular flexibility index (Phi) is 3.54. The molecule has 124 valence electrons. The van der Waals surface area contributed by atoms with Gasteiger partial charge in [0.05, 0.1) is 11.8 Å². The van der Waals surface area contributed by atoms with Gasteiger partial charge in [-0.25, -0.2) is 0 Å². The fourth-order valence-electron chi connectivity index (χ4n) is 4.97. The zero-order valence-corrected chi connectivity index (χ0v) is 13.6. The van der Waals surface area contributed by atoms with Gasteiger partial charge < -0.3 is 4.90 Å². The first-order valence-corrected chi connectivity index (χ1v) is 8.93. The van der Waals surface area contributed by atoms with E-state index in [-0.39, 0.29) is 41.4 Å². The van der Waals surface area contributed by atoms with Gasteiger partial charge in [0.15, 0.2) is 0 Å². The molecule has 0 N–H and O–H groups in total. The van der Waals surface area contributed by atoms with Crippen LogP contribution in [0.3, 0.4) is 0 Å². The van der Waals surface area contributed by atoms with Crippen molar-refractivity contribution in [2.45, 2.75) is 45.1 Å². The van der Waals surface area contributed by atoms with Gasteiger partial charge in [0.25, 0.3) is 0 Å². The molecule has 2 aliphatic heterocycles. The Bertz CT molecular complexity index is 547. The van der Waals surface area contributed by atoms with Crippen molar-refractivity contribution >= 4 is 17.7 Å². The Balaban J connectivity index is 1.56. The highest BCUT2D eigenvalue weighted by Crippen LogP contribution is 2.50. The van der Waals surface area contributed by atoms with E-state index in [0.29, 0.717) is 0 Å². The van der Waals surface area contributed by atoms with Gasteiger partial charge in [0.2, 0.25) is 17.7 Å². The SMILES string of the molecule is C[C@H](C(=O)N1CCCCC1)N1C(=O)[C@@H]2[C@H](C1=O)[C@H]1C=C[C@H]2CC1. The van der Waals surface area contributed by atoms with Crippen molar-refractivity contribution in [1.82, 2.24) is 9.80 Å². The van der Waals surface area contributed by atoms with E-state index in [1.165, 1.54) is 4.90 Å². The highest BCUT2D eigenvalue weighted by atomic mass is 16.2. The van der Waals surface area contributed by atoms with Crippen LogP contribution in [0.2, 0.25) is 0 Å². The van der Waals surface area contributed by atoms with Crippen LogP contribution in [0.25, 0.3) is 0 Å². The van der Waals surface area contributed by atoms with Crippen molar-refractivity contribution in [1.29, 1.82) is 0 Å². The van der Waals surface area contributed by atoms with Gasteiger partial charge in [0, 0.05) is 13.1 Å². The Hall–Kier alpha value is -1.65. The lowest BCUT2D eigenvalue weighted by molar-refractivity contribution is -0.151. The summed E-state index contributed by atoms with van der Waals surface area (Å²) in [4.78, 5) is 41.6. The van der Waals surface area contributed by atoms with E-state index in [1.54, 1.807) is 6.92 Å². The van der Waals surface area contributed by atoms with Crippen LogP contribution >= 0.6 is 0 Å². The summed E-state index contributed by atoms with van der Waals surface area (Å²) in [6.07, 6.45) is 9.38. The van der Waals surface area contributed by atoms with E-state index in [2.05, 4.69) is 12.2 Å². The third-order valence-corrected chi connectivity index (χ3v) is 6.21. The van der Waals surface area contributed by atoms with Crippen molar-refractivity contribution < 1.29 is 14.4 Å². The summed E-state index contributed by atoms with van der Waals surface area (Å²) in [6, 6.07) is -0.655. The lowest BCUT2D eigenvalue weighted by Gasteiger charge is -2.38. The fourth-order valence-corrected chi connectivity index (χ4v) is 4.97. The first kappa shape index (κ1) is 14.9. The van der Waals surface area contributed by atoms with Crippen molar-refractivity contribution in [3.63, 3.8) is 0 Å². The third kappa shape index (κ3) is 2.16. The molecular formula is C18H24N2O3. The minimum absolute atomic E-state index is 0.0645. The van der Waals surface area contributed by atoms with Crippen LogP contribution in [-0.4, -0.2) is 46.7 Å². The summed E-state index contributed by atoms with van der Waals surface area (Å²) in [5.74, 6) is -0.364. The summed E-state index contributed by atoms with van der Waals surface area (Å²) < 4.78 is 0. The number of carbonyl (C=O) groups is 3.